The molecular formula is C31H36N4O5S. The molecule has 216 valence electrons. The zero-order valence-corrected chi connectivity index (χ0v) is 24.1. The molecule has 0 N–H and O–H groups in total. The van der Waals surface area contributed by atoms with Crippen molar-refractivity contribution in [1.82, 2.24) is 14.1 Å². The van der Waals surface area contributed by atoms with Crippen molar-refractivity contribution in [2.45, 2.75) is 31.2 Å². The second kappa shape index (κ2) is 13.7. The minimum atomic E-state index is -3.79. The van der Waals surface area contributed by atoms with Crippen LogP contribution in [0.25, 0.3) is 0 Å². The van der Waals surface area contributed by atoms with Gasteiger partial charge in [-0.25, -0.2) is 8.42 Å². The Balaban J connectivity index is 1.59. The van der Waals surface area contributed by atoms with Gasteiger partial charge in [-0.15, -0.1) is 0 Å². The number of carbonyl (C=O) groups is 1. The average Bonchev–Trinajstić information content (AvgIpc) is 2.95. The van der Waals surface area contributed by atoms with E-state index in [0.29, 0.717) is 50.2 Å². The van der Waals surface area contributed by atoms with Crippen molar-refractivity contribution < 1.29 is 18.1 Å². The maximum atomic E-state index is 13.7. The summed E-state index contributed by atoms with van der Waals surface area (Å²) in [5.41, 5.74) is 2.97. The Kier molecular flexibility index (Phi) is 10.0. The van der Waals surface area contributed by atoms with Crippen LogP contribution in [-0.2, 0) is 16.6 Å². The van der Waals surface area contributed by atoms with E-state index >= 15 is 0 Å². The van der Waals surface area contributed by atoms with Gasteiger partial charge in [-0.3, -0.25) is 19.8 Å². The number of benzene rings is 3. The van der Waals surface area contributed by atoms with Gasteiger partial charge in [0.15, 0.2) is 0 Å². The molecule has 1 heterocycles. The molecule has 3 aromatic rings. The van der Waals surface area contributed by atoms with E-state index in [1.807, 2.05) is 25.1 Å². The number of non-ortho nitro benzene ring substituents is 1. The van der Waals surface area contributed by atoms with Crippen molar-refractivity contribution >= 4 is 21.6 Å². The Bertz CT molecular complexity index is 1460. The highest BCUT2D eigenvalue weighted by Crippen LogP contribution is 2.20. The lowest BCUT2D eigenvalue weighted by atomic mass is 10.1. The third kappa shape index (κ3) is 8.09. The van der Waals surface area contributed by atoms with Crippen molar-refractivity contribution in [3.05, 3.63) is 118 Å². The lowest BCUT2D eigenvalue weighted by Crippen LogP contribution is -2.41. The van der Waals surface area contributed by atoms with Crippen molar-refractivity contribution in [3.63, 3.8) is 0 Å². The van der Waals surface area contributed by atoms with Crippen LogP contribution in [0, 0.1) is 17.0 Å². The quantitative estimate of drug-likeness (QED) is 0.235. The lowest BCUT2D eigenvalue weighted by Gasteiger charge is -2.31. The number of carbonyl (C=O) groups excluding carboxylic acids is 1. The van der Waals surface area contributed by atoms with Crippen LogP contribution in [0.3, 0.4) is 0 Å². The van der Waals surface area contributed by atoms with E-state index in [-0.39, 0.29) is 29.6 Å². The van der Waals surface area contributed by atoms with Crippen molar-refractivity contribution in [3.8, 4) is 0 Å². The molecule has 1 amide bonds. The van der Waals surface area contributed by atoms with Gasteiger partial charge < -0.3 is 4.90 Å². The minimum Gasteiger partial charge on any atom is -0.335 e. The molecule has 1 aliphatic rings. The summed E-state index contributed by atoms with van der Waals surface area (Å²) in [6.07, 6.45) is 1.36. The number of hydrogen-bond acceptors (Lipinski definition) is 6. The summed E-state index contributed by atoms with van der Waals surface area (Å²) in [4.78, 5) is 28.3. The molecule has 1 fully saturated rings. The van der Waals surface area contributed by atoms with Gasteiger partial charge in [0.1, 0.15) is 0 Å². The molecule has 1 aliphatic heterocycles. The largest absolute Gasteiger partial charge is 0.335 e. The van der Waals surface area contributed by atoms with Crippen LogP contribution in [-0.4, -0.2) is 72.6 Å². The normalized spacial score (nSPS) is 16.5. The SMILES string of the molecule is C=C1CN(C(=O)c2ccc([N+](=O)[O-])cc2)CCCN(Cc2ccccc2)CCCN(S(=O)(=O)c2ccc(C)cc2)C1. The van der Waals surface area contributed by atoms with Crippen molar-refractivity contribution in [1.29, 1.82) is 0 Å². The molecule has 0 aromatic heterocycles. The van der Waals surface area contributed by atoms with Gasteiger partial charge in [-0.05, 0) is 61.7 Å². The lowest BCUT2D eigenvalue weighted by molar-refractivity contribution is -0.384. The van der Waals surface area contributed by atoms with E-state index in [4.69, 9.17) is 0 Å². The second-order valence-electron chi connectivity index (χ2n) is 10.4. The predicted molar refractivity (Wildman–Crippen MR) is 159 cm³/mol. The average molecular weight is 577 g/mol. The van der Waals surface area contributed by atoms with Gasteiger partial charge in [-0.1, -0.05) is 54.6 Å². The number of rotatable bonds is 6. The van der Waals surface area contributed by atoms with Crippen molar-refractivity contribution in [2.24, 2.45) is 0 Å². The summed E-state index contributed by atoms with van der Waals surface area (Å²) in [5.74, 6) is -0.277. The zero-order chi connectivity index (χ0) is 29.4. The maximum Gasteiger partial charge on any atom is 0.269 e. The Hall–Kier alpha value is -3.86. The van der Waals surface area contributed by atoms with E-state index in [1.165, 1.54) is 28.6 Å². The first-order valence-electron chi connectivity index (χ1n) is 13.7. The number of sulfonamides is 1. The van der Waals surface area contributed by atoms with Gasteiger partial charge >= 0.3 is 0 Å². The predicted octanol–water partition coefficient (Wildman–Crippen LogP) is 4.89. The molecular weight excluding hydrogens is 540 g/mol. The van der Waals surface area contributed by atoms with Crippen LogP contribution in [0.1, 0.15) is 34.3 Å². The molecule has 0 aliphatic carbocycles. The number of nitro groups is 1. The Morgan fingerprint density at radius 3 is 2.15 bits per heavy atom. The molecule has 0 unspecified atom stereocenters. The Morgan fingerprint density at radius 2 is 1.51 bits per heavy atom. The van der Waals surface area contributed by atoms with Crippen molar-refractivity contribution in [2.75, 3.05) is 39.3 Å². The molecule has 41 heavy (non-hydrogen) atoms. The fraction of sp³-hybridized carbons (Fsp3) is 0.323. The van der Waals surface area contributed by atoms with Crippen LogP contribution >= 0.6 is 0 Å². The van der Waals surface area contributed by atoms with E-state index < -0.39 is 14.9 Å². The maximum absolute atomic E-state index is 13.7. The second-order valence-corrected chi connectivity index (χ2v) is 12.3. The summed E-state index contributed by atoms with van der Waals surface area (Å²) in [7, 11) is -3.79. The molecule has 0 atom stereocenters. The topological polar surface area (TPSA) is 104 Å². The van der Waals surface area contributed by atoms with Gasteiger partial charge in [0.05, 0.1) is 9.82 Å². The van der Waals surface area contributed by atoms with Gasteiger partial charge in [-0.2, -0.15) is 4.31 Å². The van der Waals surface area contributed by atoms with E-state index in [9.17, 15) is 23.3 Å². The number of aryl methyl sites for hydroxylation is 1. The molecule has 0 saturated carbocycles. The van der Waals surface area contributed by atoms with Gasteiger partial charge in [0.2, 0.25) is 10.0 Å². The van der Waals surface area contributed by atoms with Crippen LogP contribution < -0.4 is 0 Å². The molecule has 0 bridgehead atoms. The molecule has 9 nitrogen and oxygen atoms in total. The standard InChI is InChI=1S/C31H36N4O5S/c1-25-10-16-30(17-11-25)41(39,40)34-21-7-19-32(24-27-8-4-3-5-9-27)18-6-20-33(22-26(2)23-34)31(36)28-12-14-29(15-13-28)35(37)38/h3-5,8-17H,2,6-7,18-24H2,1H3. The van der Waals surface area contributed by atoms with Crippen LogP contribution in [0.4, 0.5) is 5.69 Å². The van der Waals surface area contributed by atoms with E-state index in [2.05, 4.69) is 23.6 Å². The molecule has 4 rings (SSSR count). The smallest absolute Gasteiger partial charge is 0.269 e. The third-order valence-electron chi connectivity index (χ3n) is 7.12. The summed E-state index contributed by atoms with van der Waals surface area (Å²) in [6.45, 7) is 9.19. The highest BCUT2D eigenvalue weighted by atomic mass is 32.2. The monoisotopic (exact) mass is 576 g/mol. The summed E-state index contributed by atoms with van der Waals surface area (Å²) >= 11 is 0. The summed E-state index contributed by atoms with van der Waals surface area (Å²) < 4.78 is 28.8. The van der Waals surface area contributed by atoms with Crippen LogP contribution in [0.5, 0.6) is 0 Å². The zero-order valence-electron chi connectivity index (χ0n) is 23.3. The van der Waals surface area contributed by atoms with Gasteiger partial charge in [0.25, 0.3) is 11.6 Å². The molecule has 0 spiro atoms. The minimum absolute atomic E-state index is 0.0823. The number of nitrogens with zero attached hydrogens (tertiary/aromatic N) is 4. The number of nitro benzene ring substituents is 1. The summed E-state index contributed by atoms with van der Waals surface area (Å²) in [6, 6.07) is 22.5. The fourth-order valence-electron chi connectivity index (χ4n) is 4.94. The Labute approximate surface area is 241 Å². The number of amides is 1. The number of hydrogen-bond donors (Lipinski definition) is 0. The fourth-order valence-corrected chi connectivity index (χ4v) is 6.44. The van der Waals surface area contributed by atoms with Crippen LogP contribution in [0.2, 0.25) is 0 Å². The van der Waals surface area contributed by atoms with Gasteiger partial charge in [0, 0.05) is 57.0 Å². The van der Waals surface area contributed by atoms with Crippen LogP contribution in [0.15, 0.2) is 95.9 Å². The summed E-state index contributed by atoms with van der Waals surface area (Å²) in [5, 5.41) is 11.1. The molecule has 10 heteroatoms. The molecule has 3 aromatic carbocycles. The highest BCUT2D eigenvalue weighted by Gasteiger charge is 2.27. The van der Waals surface area contributed by atoms with E-state index in [1.54, 1.807) is 29.2 Å². The first kappa shape index (κ1) is 30.1. The first-order chi connectivity index (χ1) is 19.6. The highest BCUT2D eigenvalue weighted by molar-refractivity contribution is 7.89. The third-order valence-corrected chi connectivity index (χ3v) is 8.98. The molecule has 0 radical (unpaired) electrons. The first-order valence-corrected chi connectivity index (χ1v) is 15.1. The molecule has 1 saturated heterocycles. The van der Waals surface area contributed by atoms with E-state index in [0.717, 1.165) is 17.7 Å². The Morgan fingerprint density at radius 1 is 0.878 bits per heavy atom.